The molecule has 5 nitrogen and oxygen atoms in total. The van der Waals surface area contributed by atoms with E-state index >= 15 is 0 Å². The normalized spacial score (nSPS) is 11.0. The molecule has 20 heavy (non-hydrogen) atoms. The molecule has 0 bridgehead atoms. The molecule has 0 spiro atoms. The van der Waals surface area contributed by atoms with Gasteiger partial charge in [0.25, 0.3) is 5.95 Å². The minimum atomic E-state index is -0.705. The van der Waals surface area contributed by atoms with Crippen molar-refractivity contribution in [1.29, 1.82) is 0 Å². The van der Waals surface area contributed by atoms with E-state index in [1.54, 1.807) is 19.1 Å². The van der Waals surface area contributed by atoms with E-state index in [2.05, 4.69) is 0 Å². The summed E-state index contributed by atoms with van der Waals surface area (Å²) in [6.07, 6.45) is 0. The number of rotatable bonds is 3. The maximum Gasteiger partial charge on any atom is 0.346 e. The molecule has 0 saturated carbocycles. The van der Waals surface area contributed by atoms with E-state index in [4.69, 9.17) is 9.15 Å². The third-order valence-corrected chi connectivity index (χ3v) is 3.03. The van der Waals surface area contributed by atoms with Gasteiger partial charge in [0.15, 0.2) is 11.1 Å². The summed E-state index contributed by atoms with van der Waals surface area (Å²) >= 11 is 0. The Hall–Kier alpha value is -2.30. The number of fused-ring (bicyclic) bond motifs is 1. The SMILES string of the molecule is CCOC(=O)c1c(O)oc2c(=O)ccc(C(C)C)cc12. The highest BCUT2D eigenvalue weighted by Crippen LogP contribution is 2.30. The Labute approximate surface area is 115 Å². The van der Waals surface area contributed by atoms with Gasteiger partial charge in [0.2, 0.25) is 5.43 Å². The average Bonchev–Trinajstić information content (AvgIpc) is 2.62. The maximum absolute atomic E-state index is 11.9. The molecule has 0 fully saturated rings. The molecule has 2 rings (SSSR count). The van der Waals surface area contributed by atoms with E-state index in [1.165, 1.54) is 6.07 Å². The monoisotopic (exact) mass is 276 g/mol. The van der Waals surface area contributed by atoms with Crippen LogP contribution in [0.3, 0.4) is 0 Å². The van der Waals surface area contributed by atoms with Crippen LogP contribution in [0.2, 0.25) is 0 Å². The molecule has 0 amide bonds. The van der Waals surface area contributed by atoms with E-state index in [1.807, 2.05) is 13.8 Å². The van der Waals surface area contributed by atoms with Crippen LogP contribution < -0.4 is 5.43 Å². The zero-order chi connectivity index (χ0) is 14.9. The first-order chi connectivity index (χ1) is 9.45. The average molecular weight is 276 g/mol. The molecule has 106 valence electrons. The zero-order valence-electron chi connectivity index (χ0n) is 11.6. The van der Waals surface area contributed by atoms with Crippen molar-refractivity contribution in [2.24, 2.45) is 0 Å². The van der Waals surface area contributed by atoms with Gasteiger partial charge < -0.3 is 14.3 Å². The van der Waals surface area contributed by atoms with Crippen LogP contribution in [0.15, 0.2) is 27.4 Å². The molecule has 1 heterocycles. The molecular weight excluding hydrogens is 260 g/mol. The molecule has 2 aromatic rings. The predicted molar refractivity (Wildman–Crippen MR) is 74.2 cm³/mol. The lowest BCUT2D eigenvalue weighted by Gasteiger charge is -2.02. The largest absolute Gasteiger partial charge is 0.480 e. The molecule has 1 N–H and O–H groups in total. The van der Waals surface area contributed by atoms with Gasteiger partial charge in [-0.15, -0.1) is 0 Å². The van der Waals surface area contributed by atoms with E-state index in [0.29, 0.717) is 0 Å². The van der Waals surface area contributed by atoms with Crippen molar-refractivity contribution >= 4 is 16.9 Å². The fraction of sp³-hybridized carbons (Fsp3) is 0.333. The van der Waals surface area contributed by atoms with Gasteiger partial charge in [-0.05, 0) is 30.5 Å². The number of carbonyl (C=O) groups excluding carboxylic acids is 1. The summed E-state index contributed by atoms with van der Waals surface area (Å²) in [5, 5.41) is 10.0. The fourth-order valence-corrected chi connectivity index (χ4v) is 1.97. The quantitative estimate of drug-likeness (QED) is 0.872. The summed E-state index contributed by atoms with van der Waals surface area (Å²) in [4.78, 5) is 23.8. The predicted octanol–water partition coefficient (Wildman–Crippen LogP) is 2.80. The number of aromatic hydroxyl groups is 1. The molecule has 1 aromatic heterocycles. The Bertz CT molecular complexity index is 712. The van der Waals surface area contributed by atoms with Gasteiger partial charge in [-0.1, -0.05) is 19.9 Å². The van der Waals surface area contributed by atoms with Crippen molar-refractivity contribution in [2.45, 2.75) is 26.7 Å². The van der Waals surface area contributed by atoms with Crippen LogP contribution in [0, 0.1) is 0 Å². The van der Waals surface area contributed by atoms with Gasteiger partial charge >= 0.3 is 5.97 Å². The highest BCUT2D eigenvalue weighted by molar-refractivity contribution is 6.05. The molecule has 5 heteroatoms. The van der Waals surface area contributed by atoms with Crippen LogP contribution in [0.5, 0.6) is 5.95 Å². The Morgan fingerprint density at radius 1 is 1.40 bits per heavy atom. The third kappa shape index (κ3) is 2.39. The van der Waals surface area contributed by atoms with Crippen molar-refractivity contribution in [2.75, 3.05) is 6.61 Å². The van der Waals surface area contributed by atoms with E-state index in [0.717, 1.165) is 5.56 Å². The smallest absolute Gasteiger partial charge is 0.346 e. The zero-order valence-corrected chi connectivity index (χ0v) is 11.6. The molecule has 0 aliphatic rings. The summed E-state index contributed by atoms with van der Waals surface area (Å²) in [5.41, 5.74) is 0.329. The first-order valence-corrected chi connectivity index (χ1v) is 6.42. The van der Waals surface area contributed by atoms with Crippen molar-refractivity contribution in [3.63, 3.8) is 0 Å². The number of esters is 1. The van der Waals surface area contributed by atoms with Crippen LogP contribution >= 0.6 is 0 Å². The second-order valence-corrected chi connectivity index (χ2v) is 4.74. The topological polar surface area (TPSA) is 76.7 Å². The lowest BCUT2D eigenvalue weighted by molar-refractivity contribution is 0.0522. The number of hydrogen-bond donors (Lipinski definition) is 1. The second-order valence-electron chi connectivity index (χ2n) is 4.74. The summed E-state index contributed by atoms with van der Waals surface area (Å²) in [6.45, 7) is 5.77. The van der Waals surface area contributed by atoms with Crippen molar-refractivity contribution in [3.8, 4) is 5.95 Å². The van der Waals surface area contributed by atoms with Crippen molar-refractivity contribution in [1.82, 2.24) is 0 Å². The molecule has 1 aromatic carbocycles. The number of carbonyl (C=O) groups is 1. The minimum absolute atomic E-state index is 0.0440. The Balaban J connectivity index is 2.82. The molecule has 0 atom stereocenters. The lowest BCUT2D eigenvalue weighted by atomic mass is 10.0. The number of ether oxygens (including phenoxy) is 1. The van der Waals surface area contributed by atoms with Crippen LogP contribution in [0.4, 0.5) is 0 Å². The Kier molecular flexibility index (Phi) is 3.79. The molecular formula is C15H16O5. The Morgan fingerprint density at radius 3 is 2.70 bits per heavy atom. The van der Waals surface area contributed by atoms with E-state index in [9.17, 15) is 14.7 Å². The first kappa shape index (κ1) is 14.1. The summed E-state index contributed by atoms with van der Waals surface area (Å²) in [6, 6.07) is 4.74. The summed E-state index contributed by atoms with van der Waals surface area (Å²) in [7, 11) is 0. The van der Waals surface area contributed by atoms with Gasteiger partial charge in [-0.2, -0.15) is 0 Å². The Morgan fingerprint density at radius 2 is 2.10 bits per heavy atom. The van der Waals surface area contributed by atoms with E-state index in [-0.39, 0.29) is 29.1 Å². The van der Waals surface area contributed by atoms with Gasteiger partial charge in [-0.25, -0.2) is 4.79 Å². The van der Waals surface area contributed by atoms with Crippen LogP contribution in [-0.4, -0.2) is 17.7 Å². The summed E-state index contributed by atoms with van der Waals surface area (Å²) < 4.78 is 9.92. The fourth-order valence-electron chi connectivity index (χ4n) is 1.97. The minimum Gasteiger partial charge on any atom is -0.480 e. The number of hydrogen-bond acceptors (Lipinski definition) is 5. The maximum atomic E-state index is 11.9. The van der Waals surface area contributed by atoms with Crippen molar-refractivity contribution in [3.05, 3.63) is 39.5 Å². The summed E-state index contributed by atoms with van der Waals surface area (Å²) in [5.74, 6) is -1.13. The van der Waals surface area contributed by atoms with Crippen LogP contribution in [0.1, 0.15) is 42.6 Å². The third-order valence-electron chi connectivity index (χ3n) is 3.03. The van der Waals surface area contributed by atoms with Crippen LogP contribution in [-0.2, 0) is 4.74 Å². The second kappa shape index (κ2) is 5.36. The molecule has 0 radical (unpaired) electrons. The molecule has 0 saturated heterocycles. The molecule has 0 aliphatic heterocycles. The van der Waals surface area contributed by atoms with Gasteiger partial charge in [-0.3, -0.25) is 4.79 Å². The highest BCUT2D eigenvalue weighted by Gasteiger charge is 2.23. The van der Waals surface area contributed by atoms with Crippen LogP contribution in [0.25, 0.3) is 11.0 Å². The highest BCUT2D eigenvalue weighted by atomic mass is 16.5. The van der Waals surface area contributed by atoms with E-state index < -0.39 is 17.3 Å². The van der Waals surface area contributed by atoms with Gasteiger partial charge in [0.05, 0.1) is 6.61 Å². The van der Waals surface area contributed by atoms with Gasteiger partial charge in [0.1, 0.15) is 0 Å². The molecule has 0 unspecified atom stereocenters. The molecule has 0 aliphatic carbocycles. The number of furan rings is 1. The van der Waals surface area contributed by atoms with Gasteiger partial charge in [0, 0.05) is 5.39 Å². The standard InChI is InChI=1S/C15H16O5/c1-4-19-14(17)12-10-7-9(8(2)3)5-6-11(16)13(10)20-15(12)18/h5-8,18H,4H2,1-3H3. The first-order valence-electron chi connectivity index (χ1n) is 6.42. The van der Waals surface area contributed by atoms with Crippen molar-refractivity contribution < 1.29 is 19.1 Å². The lowest BCUT2D eigenvalue weighted by Crippen LogP contribution is -2.04.